The van der Waals surface area contributed by atoms with Gasteiger partial charge in [-0.2, -0.15) is 0 Å². The van der Waals surface area contributed by atoms with Crippen LogP contribution in [-0.2, 0) is 11.3 Å². The molecular formula is C14H22Cl2N4O2. The van der Waals surface area contributed by atoms with E-state index in [1.165, 1.54) is 0 Å². The summed E-state index contributed by atoms with van der Waals surface area (Å²) in [5.41, 5.74) is 5.94. The Morgan fingerprint density at radius 3 is 2.32 bits per heavy atom. The number of carbonyl (C=O) groups excluding carboxylic acids is 2. The average Bonchev–Trinajstić information content (AvgIpc) is 2.44. The van der Waals surface area contributed by atoms with Gasteiger partial charge in [-0.3, -0.25) is 4.79 Å². The van der Waals surface area contributed by atoms with E-state index in [1.54, 1.807) is 12.1 Å². The van der Waals surface area contributed by atoms with Gasteiger partial charge in [0, 0.05) is 23.7 Å². The van der Waals surface area contributed by atoms with Crippen LogP contribution in [0.15, 0.2) is 24.3 Å². The van der Waals surface area contributed by atoms with Crippen LogP contribution in [0.25, 0.3) is 0 Å². The molecule has 0 heterocycles. The van der Waals surface area contributed by atoms with E-state index in [0.29, 0.717) is 18.1 Å². The Morgan fingerprint density at radius 2 is 1.77 bits per heavy atom. The number of hydrogen-bond acceptors (Lipinski definition) is 3. The van der Waals surface area contributed by atoms with Crippen LogP contribution in [0.3, 0.4) is 0 Å². The molecule has 5 N–H and O–H groups in total. The van der Waals surface area contributed by atoms with Crippen molar-refractivity contribution in [2.75, 3.05) is 13.1 Å². The Kier molecular flexibility index (Phi) is 8.86. The normalized spacial score (nSPS) is 10.4. The van der Waals surface area contributed by atoms with Gasteiger partial charge < -0.3 is 21.7 Å². The van der Waals surface area contributed by atoms with Crippen molar-refractivity contribution in [1.29, 1.82) is 0 Å². The minimum atomic E-state index is -0.488. The lowest BCUT2D eigenvalue weighted by Gasteiger charge is -2.24. The predicted octanol–water partition coefficient (Wildman–Crippen LogP) is 1.41. The SMILES string of the molecule is CC(C)(CN)NC(=O)CNC(=O)NCc1ccc(Cl)cc1.Cl. The van der Waals surface area contributed by atoms with E-state index in [2.05, 4.69) is 16.0 Å². The second-order valence-electron chi connectivity index (χ2n) is 5.30. The first-order valence-corrected chi connectivity index (χ1v) is 6.97. The molecule has 1 aromatic rings. The van der Waals surface area contributed by atoms with Crippen molar-refractivity contribution >= 4 is 35.9 Å². The lowest BCUT2D eigenvalue weighted by atomic mass is 10.1. The molecule has 124 valence electrons. The zero-order valence-corrected chi connectivity index (χ0v) is 14.2. The number of nitrogens with one attached hydrogen (secondary N) is 3. The molecule has 0 saturated heterocycles. The van der Waals surface area contributed by atoms with Crippen LogP contribution in [0.4, 0.5) is 4.79 Å². The first-order valence-electron chi connectivity index (χ1n) is 6.59. The van der Waals surface area contributed by atoms with Crippen LogP contribution in [-0.4, -0.2) is 30.6 Å². The monoisotopic (exact) mass is 348 g/mol. The molecule has 22 heavy (non-hydrogen) atoms. The number of hydrogen-bond donors (Lipinski definition) is 4. The van der Waals surface area contributed by atoms with Crippen LogP contribution < -0.4 is 21.7 Å². The Bertz CT molecular complexity index is 492. The van der Waals surface area contributed by atoms with Crippen molar-refractivity contribution in [3.63, 3.8) is 0 Å². The van der Waals surface area contributed by atoms with E-state index in [1.807, 2.05) is 26.0 Å². The Morgan fingerprint density at radius 1 is 1.18 bits per heavy atom. The molecule has 0 aliphatic heterocycles. The van der Waals surface area contributed by atoms with Gasteiger partial charge in [0.1, 0.15) is 0 Å². The van der Waals surface area contributed by atoms with E-state index in [-0.39, 0.29) is 24.9 Å². The summed E-state index contributed by atoms with van der Waals surface area (Å²) in [6.07, 6.45) is 0. The first kappa shape index (κ1) is 20.5. The Labute approximate surface area is 141 Å². The molecule has 0 unspecified atom stereocenters. The molecule has 0 fully saturated rings. The summed E-state index contributed by atoms with van der Waals surface area (Å²) in [7, 11) is 0. The molecule has 1 rings (SSSR count). The number of carbonyl (C=O) groups is 2. The van der Waals surface area contributed by atoms with E-state index < -0.39 is 11.6 Å². The van der Waals surface area contributed by atoms with Gasteiger partial charge in [-0.05, 0) is 31.5 Å². The molecule has 0 aliphatic carbocycles. The fraction of sp³-hybridized carbons (Fsp3) is 0.429. The third kappa shape index (κ3) is 8.07. The van der Waals surface area contributed by atoms with E-state index in [0.717, 1.165) is 5.56 Å². The van der Waals surface area contributed by atoms with Gasteiger partial charge in [-0.15, -0.1) is 12.4 Å². The van der Waals surface area contributed by atoms with Crippen molar-refractivity contribution in [1.82, 2.24) is 16.0 Å². The third-order valence-electron chi connectivity index (χ3n) is 2.76. The molecule has 0 spiro atoms. The fourth-order valence-corrected chi connectivity index (χ4v) is 1.61. The minimum Gasteiger partial charge on any atom is -0.348 e. The van der Waals surface area contributed by atoms with Crippen molar-refractivity contribution in [3.8, 4) is 0 Å². The van der Waals surface area contributed by atoms with Gasteiger partial charge in [0.25, 0.3) is 0 Å². The fourth-order valence-electron chi connectivity index (χ4n) is 1.48. The molecule has 0 atom stereocenters. The van der Waals surface area contributed by atoms with Gasteiger partial charge in [-0.1, -0.05) is 23.7 Å². The highest BCUT2D eigenvalue weighted by Gasteiger charge is 2.18. The molecule has 0 bridgehead atoms. The lowest BCUT2D eigenvalue weighted by Crippen LogP contribution is -2.52. The number of halogens is 2. The van der Waals surface area contributed by atoms with Crippen molar-refractivity contribution in [2.24, 2.45) is 5.73 Å². The van der Waals surface area contributed by atoms with Crippen molar-refractivity contribution < 1.29 is 9.59 Å². The van der Waals surface area contributed by atoms with Gasteiger partial charge in [0.15, 0.2) is 0 Å². The number of benzene rings is 1. The predicted molar refractivity (Wildman–Crippen MR) is 90.2 cm³/mol. The summed E-state index contributed by atoms with van der Waals surface area (Å²) in [6, 6.07) is 6.72. The summed E-state index contributed by atoms with van der Waals surface area (Å²) >= 11 is 5.77. The Balaban J connectivity index is 0.00000441. The summed E-state index contributed by atoms with van der Waals surface area (Å²) in [5, 5.41) is 8.50. The van der Waals surface area contributed by atoms with Crippen molar-refractivity contribution in [2.45, 2.75) is 25.9 Å². The number of nitrogens with two attached hydrogens (primary N) is 1. The quantitative estimate of drug-likeness (QED) is 0.625. The van der Waals surface area contributed by atoms with Gasteiger partial charge in [-0.25, -0.2) is 4.79 Å². The summed E-state index contributed by atoms with van der Waals surface area (Å²) in [4.78, 5) is 23.2. The Hall–Kier alpha value is -1.50. The molecule has 0 aromatic heterocycles. The van der Waals surface area contributed by atoms with Crippen LogP contribution in [0, 0.1) is 0 Å². The second kappa shape index (κ2) is 9.50. The van der Waals surface area contributed by atoms with Gasteiger partial charge in [0.2, 0.25) is 5.91 Å². The van der Waals surface area contributed by atoms with Crippen LogP contribution >= 0.6 is 24.0 Å². The second-order valence-corrected chi connectivity index (χ2v) is 5.74. The summed E-state index contributed by atoms with van der Waals surface area (Å²) in [6.45, 7) is 4.20. The highest BCUT2D eigenvalue weighted by molar-refractivity contribution is 6.30. The molecule has 0 radical (unpaired) electrons. The highest BCUT2D eigenvalue weighted by Crippen LogP contribution is 2.08. The lowest BCUT2D eigenvalue weighted by molar-refractivity contribution is -0.121. The van der Waals surface area contributed by atoms with Crippen molar-refractivity contribution in [3.05, 3.63) is 34.9 Å². The highest BCUT2D eigenvalue weighted by atomic mass is 35.5. The summed E-state index contributed by atoms with van der Waals surface area (Å²) in [5.74, 6) is -0.285. The standard InChI is InChI=1S/C14H21ClN4O2.ClH/c1-14(2,9-16)19-12(20)8-18-13(21)17-7-10-3-5-11(15)6-4-10;/h3-6H,7-9,16H2,1-2H3,(H,19,20)(H2,17,18,21);1H. The van der Waals surface area contributed by atoms with E-state index >= 15 is 0 Å². The number of rotatable bonds is 6. The zero-order chi connectivity index (χ0) is 15.9. The smallest absolute Gasteiger partial charge is 0.315 e. The molecule has 0 saturated carbocycles. The van der Waals surface area contributed by atoms with Gasteiger partial charge >= 0.3 is 6.03 Å². The zero-order valence-electron chi connectivity index (χ0n) is 12.6. The maximum atomic E-state index is 11.6. The van der Waals surface area contributed by atoms with Crippen LogP contribution in [0.2, 0.25) is 5.02 Å². The maximum Gasteiger partial charge on any atom is 0.315 e. The summed E-state index contributed by atoms with van der Waals surface area (Å²) < 4.78 is 0. The molecule has 1 aromatic carbocycles. The molecule has 8 heteroatoms. The third-order valence-corrected chi connectivity index (χ3v) is 3.02. The van der Waals surface area contributed by atoms with Gasteiger partial charge in [0.05, 0.1) is 6.54 Å². The van der Waals surface area contributed by atoms with E-state index in [9.17, 15) is 9.59 Å². The first-order chi connectivity index (χ1) is 9.82. The molecule has 6 nitrogen and oxygen atoms in total. The molecular weight excluding hydrogens is 327 g/mol. The maximum absolute atomic E-state index is 11.6. The largest absolute Gasteiger partial charge is 0.348 e. The number of amides is 3. The average molecular weight is 349 g/mol. The van der Waals surface area contributed by atoms with Crippen LogP contribution in [0.1, 0.15) is 19.4 Å². The molecule has 0 aliphatic rings. The topological polar surface area (TPSA) is 96.2 Å². The number of urea groups is 1. The minimum absolute atomic E-state index is 0. The molecule has 3 amide bonds. The van der Waals surface area contributed by atoms with E-state index in [4.69, 9.17) is 17.3 Å². The van der Waals surface area contributed by atoms with Crippen LogP contribution in [0.5, 0.6) is 0 Å².